The zero-order valence-electron chi connectivity index (χ0n) is 16.6. The van der Waals surface area contributed by atoms with E-state index in [9.17, 15) is 13.2 Å². The Morgan fingerprint density at radius 3 is 2.53 bits per heavy atom. The van der Waals surface area contributed by atoms with Crippen molar-refractivity contribution < 1.29 is 17.6 Å². The minimum atomic E-state index is -3.45. The number of nitrogens with one attached hydrogen (secondary N) is 2. The van der Waals surface area contributed by atoms with Gasteiger partial charge < -0.3 is 9.73 Å². The van der Waals surface area contributed by atoms with E-state index < -0.39 is 15.9 Å². The Morgan fingerprint density at radius 1 is 1.10 bits per heavy atom. The summed E-state index contributed by atoms with van der Waals surface area (Å²) in [5.74, 6) is 5.63. The number of hydrogen-bond acceptors (Lipinski definition) is 5. The highest BCUT2D eigenvalue weighted by Gasteiger charge is 2.17. The number of aromatic nitrogens is 1. The van der Waals surface area contributed by atoms with Gasteiger partial charge in [0, 0.05) is 11.5 Å². The maximum Gasteiger partial charge on any atom is 0.296 e. The molecule has 2 N–H and O–H groups in total. The van der Waals surface area contributed by atoms with Gasteiger partial charge in [-0.25, -0.2) is 13.4 Å². The van der Waals surface area contributed by atoms with E-state index in [-0.39, 0.29) is 18.2 Å². The Bertz CT molecular complexity index is 1210. The molecule has 30 heavy (non-hydrogen) atoms. The minimum Gasteiger partial charge on any atom is -0.441 e. The van der Waals surface area contributed by atoms with E-state index >= 15 is 0 Å². The van der Waals surface area contributed by atoms with Crippen molar-refractivity contribution in [3.63, 3.8) is 0 Å². The Kier molecular flexibility index (Phi) is 6.54. The zero-order chi connectivity index (χ0) is 21.6. The second kappa shape index (κ2) is 9.29. The van der Waals surface area contributed by atoms with Crippen LogP contribution in [0.3, 0.4) is 0 Å². The number of benzene rings is 2. The lowest BCUT2D eigenvalue weighted by Gasteiger charge is -2.09. The van der Waals surface area contributed by atoms with Crippen LogP contribution in [0.5, 0.6) is 0 Å². The standard InChI is InChI=1S/C22H21N3O4S/c1-3-30(27,28)25-19-12-8-7-11-18(19)22-24-20(16(2)29-22)15-23-21(26)14-13-17-9-5-4-6-10-17/h4-12,25H,3,15H2,1-2H3,(H,23,26). The number of para-hydroxylation sites is 1. The summed E-state index contributed by atoms with van der Waals surface area (Å²) in [5.41, 5.74) is 2.18. The topological polar surface area (TPSA) is 101 Å². The van der Waals surface area contributed by atoms with Crippen molar-refractivity contribution >= 4 is 21.6 Å². The third kappa shape index (κ3) is 5.49. The van der Waals surface area contributed by atoms with Crippen molar-refractivity contribution in [3.05, 3.63) is 71.6 Å². The van der Waals surface area contributed by atoms with Crippen LogP contribution in [0.1, 0.15) is 23.9 Å². The Morgan fingerprint density at radius 2 is 1.80 bits per heavy atom. The number of rotatable bonds is 6. The SMILES string of the molecule is CCS(=O)(=O)Nc1ccccc1-c1nc(CNC(=O)C#Cc2ccccc2)c(C)o1. The molecule has 0 aliphatic heterocycles. The van der Waals surface area contributed by atoms with Gasteiger partial charge in [0.1, 0.15) is 11.5 Å². The maximum atomic E-state index is 12.0. The van der Waals surface area contributed by atoms with Gasteiger partial charge in [0.25, 0.3) is 5.91 Å². The largest absolute Gasteiger partial charge is 0.441 e. The quantitative estimate of drug-likeness (QED) is 0.594. The van der Waals surface area contributed by atoms with Crippen molar-refractivity contribution in [2.45, 2.75) is 20.4 Å². The molecule has 0 saturated heterocycles. The minimum absolute atomic E-state index is 0.0484. The number of aryl methyl sites for hydroxylation is 1. The third-order valence-corrected chi connectivity index (χ3v) is 5.50. The molecule has 3 aromatic rings. The van der Waals surface area contributed by atoms with Crippen LogP contribution in [0.4, 0.5) is 5.69 Å². The number of hydrogen-bond donors (Lipinski definition) is 2. The molecule has 0 aliphatic rings. The van der Waals surface area contributed by atoms with E-state index in [1.54, 1.807) is 38.1 Å². The first kappa shape index (κ1) is 21.1. The summed E-state index contributed by atoms with van der Waals surface area (Å²) in [7, 11) is -3.45. The van der Waals surface area contributed by atoms with E-state index in [4.69, 9.17) is 4.42 Å². The fourth-order valence-electron chi connectivity index (χ4n) is 2.56. The molecule has 0 atom stereocenters. The first-order valence-electron chi connectivity index (χ1n) is 9.29. The summed E-state index contributed by atoms with van der Waals surface area (Å²) in [6, 6.07) is 16.0. The lowest BCUT2D eigenvalue weighted by Crippen LogP contribution is -2.21. The van der Waals surface area contributed by atoms with Crippen molar-refractivity contribution in [2.75, 3.05) is 10.5 Å². The van der Waals surface area contributed by atoms with Crippen molar-refractivity contribution in [1.82, 2.24) is 10.3 Å². The second-order valence-corrected chi connectivity index (χ2v) is 8.38. The predicted octanol–water partition coefficient (Wildman–Crippen LogP) is 3.08. The molecule has 0 saturated carbocycles. The molecule has 0 aliphatic carbocycles. The molecular weight excluding hydrogens is 402 g/mol. The first-order valence-corrected chi connectivity index (χ1v) is 10.9. The van der Waals surface area contributed by atoms with Gasteiger partial charge in [-0.3, -0.25) is 9.52 Å². The van der Waals surface area contributed by atoms with Gasteiger partial charge in [0.2, 0.25) is 15.9 Å². The number of carbonyl (C=O) groups is 1. The summed E-state index contributed by atoms with van der Waals surface area (Å²) >= 11 is 0. The smallest absolute Gasteiger partial charge is 0.296 e. The molecule has 0 unspecified atom stereocenters. The number of oxazole rings is 1. The number of sulfonamides is 1. The number of amides is 1. The van der Waals surface area contributed by atoms with Crippen LogP contribution in [0.2, 0.25) is 0 Å². The van der Waals surface area contributed by atoms with Crippen LogP contribution in [-0.4, -0.2) is 25.1 Å². The number of anilines is 1. The molecule has 3 rings (SSSR count). The molecule has 0 radical (unpaired) electrons. The Labute approximate surface area is 175 Å². The summed E-state index contributed by atoms with van der Waals surface area (Å²) in [6.45, 7) is 3.43. The van der Waals surface area contributed by atoms with Gasteiger partial charge in [0.05, 0.1) is 23.5 Å². The molecule has 7 nitrogen and oxygen atoms in total. The van der Waals surface area contributed by atoms with Gasteiger partial charge in [-0.1, -0.05) is 36.3 Å². The van der Waals surface area contributed by atoms with E-state index in [0.29, 0.717) is 22.7 Å². The normalized spacial score (nSPS) is 10.7. The summed E-state index contributed by atoms with van der Waals surface area (Å²) in [5, 5.41) is 2.69. The molecular formula is C22H21N3O4S. The lowest BCUT2D eigenvalue weighted by atomic mass is 10.2. The van der Waals surface area contributed by atoms with Crippen LogP contribution < -0.4 is 10.0 Å². The highest BCUT2D eigenvalue weighted by atomic mass is 32.2. The van der Waals surface area contributed by atoms with Crippen molar-refractivity contribution in [1.29, 1.82) is 0 Å². The fraction of sp³-hybridized carbons (Fsp3) is 0.182. The summed E-state index contributed by atoms with van der Waals surface area (Å²) in [6.07, 6.45) is 0. The molecule has 0 fully saturated rings. The van der Waals surface area contributed by atoms with E-state index in [1.165, 1.54) is 0 Å². The molecule has 154 valence electrons. The molecule has 2 aromatic carbocycles. The van der Waals surface area contributed by atoms with Gasteiger partial charge in [-0.15, -0.1) is 0 Å². The molecule has 1 aromatic heterocycles. The number of carbonyl (C=O) groups excluding carboxylic acids is 1. The zero-order valence-corrected chi connectivity index (χ0v) is 17.4. The van der Waals surface area contributed by atoms with Crippen molar-refractivity contribution in [2.24, 2.45) is 0 Å². The van der Waals surface area contributed by atoms with Crippen LogP contribution in [0.15, 0.2) is 59.0 Å². The van der Waals surface area contributed by atoms with Gasteiger partial charge in [0.15, 0.2) is 0 Å². The Hall–Kier alpha value is -3.57. The average Bonchev–Trinajstić information content (AvgIpc) is 3.12. The van der Waals surface area contributed by atoms with Crippen LogP contribution >= 0.6 is 0 Å². The average molecular weight is 423 g/mol. The van der Waals surface area contributed by atoms with Gasteiger partial charge in [-0.2, -0.15) is 0 Å². The highest BCUT2D eigenvalue weighted by Crippen LogP contribution is 2.29. The second-order valence-electron chi connectivity index (χ2n) is 6.37. The maximum absolute atomic E-state index is 12.0. The predicted molar refractivity (Wildman–Crippen MR) is 115 cm³/mol. The van der Waals surface area contributed by atoms with E-state index in [0.717, 1.165) is 5.56 Å². The molecule has 1 heterocycles. The van der Waals surface area contributed by atoms with E-state index in [2.05, 4.69) is 26.9 Å². The third-order valence-electron chi connectivity index (χ3n) is 4.21. The molecule has 0 spiro atoms. The summed E-state index contributed by atoms with van der Waals surface area (Å²) < 4.78 is 32.1. The highest BCUT2D eigenvalue weighted by molar-refractivity contribution is 7.92. The Balaban J connectivity index is 1.74. The van der Waals surface area contributed by atoms with Crippen LogP contribution in [0, 0.1) is 18.8 Å². The van der Waals surface area contributed by atoms with Crippen LogP contribution in [0.25, 0.3) is 11.5 Å². The van der Waals surface area contributed by atoms with E-state index in [1.807, 2.05) is 30.3 Å². The molecule has 8 heteroatoms. The monoisotopic (exact) mass is 423 g/mol. The lowest BCUT2D eigenvalue weighted by molar-refractivity contribution is -0.115. The van der Waals surface area contributed by atoms with Gasteiger partial charge >= 0.3 is 0 Å². The molecule has 0 bridgehead atoms. The first-order chi connectivity index (χ1) is 14.4. The fourth-order valence-corrected chi connectivity index (χ4v) is 3.22. The molecule has 1 amide bonds. The van der Waals surface area contributed by atoms with Crippen LogP contribution in [-0.2, 0) is 21.4 Å². The summed E-state index contributed by atoms with van der Waals surface area (Å²) in [4.78, 5) is 16.4. The van der Waals surface area contributed by atoms with Gasteiger partial charge in [-0.05, 0) is 38.1 Å². The van der Waals surface area contributed by atoms with Crippen molar-refractivity contribution in [3.8, 4) is 23.3 Å². The number of nitrogens with zero attached hydrogens (tertiary/aromatic N) is 1.